The van der Waals surface area contributed by atoms with E-state index < -0.39 is 0 Å². The van der Waals surface area contributed by atoms with Crippen molar-refractivity contribution in [1.82, 2.24) is 0 Å². The normalized spacial score (nSPS) is 17.6. The Labute approximate surface area is 144 Å². The highest BCUT2D eigenvalue weighted by Crippen LogP contribution is 2.38. The number of hydrogen-bond acceptors (Lipinski definition) is 4. The molecular weight excluding hydrogens is 304 g/mol. The highest BCUT2D eigenvalue weighted by molar-refractivity contribution is 6.01. The molecule has 1 aliphatic heterocycles. The van der Waals surface area contributed by atoms with Gasteiger partial charge >= 0.3 is 5.97 Å². The Hall–Kier alpha value is -2.04. The van der Waals surface area contributed by atoms with Crippen molar-refractivity contribution < 1.29 is 14.3 Å². The second-order valence-corrected chi connectivity index (χ2v) is 7.68. The first-order valence-corrected chi connectivity index (χ1v) is 8.49. The molecule has 0 radical (unpaired) electrons. The Morgan fingerprint density at radius 3 is 2.62 bits per heavy atom. The molecule has 0 aliphatic carbocycles. The number of ether oxygens (including phenoxy) is 1. The lowest BCUT2D eigenvalue weighted by Gasteiger charge is -2.39. The van der Waals surface area contributed by atoms with E-state index in [0.29, 0.717) is 25.3 Å². The number of carbonyl (C=O) groups excluding carboxylic acids is 2. The number of anilines is 2. The number of nitrogens with two attached hydrogens (primary N) is 1. The minimum Gasteiger partial charge on any atom is -0.466 e. The maximum atomic E-state index is 13.0. The van der Waals surface area contributed by atoms with E-state index in [4.69, 9.17) is 10.5 Å². The molecule has 1 aromatic carbocycles. The third-order valence-corrected chi connectivity index (χ3v) is 4.26. The number of benzene rings is 1. The lowest BCUT2D eigenvalue weighted by Crippen LogP contribution is -2.46. The standard InChI is InChI=1S/C19H28N2O3/c1-6-24-16(22)10-14-9-13-7-8-15(20)12(2)17(13)21(18(14)23)11-19(3,4)5/h7-8,14H,6,9-11,20H2,1-5H3. The lowest BCUT2D eigenvalue weighted by atomic mass is 9.85. The van der Waals surface area contributed by atoms with Gasteiger partial charge in [0.15, 0.2) is 0 Å². The number of nitrogens with zero attached hydrogens (tertiary/aromatic N) is 1. The molecule has 0 spiro atoms. The molecular formula is C19H28N2O3. The Kier molecular flexibility index (Phi) is 5.21. The van der Waals surface area contributed by atoms with Crippen LogP contribution in [0.15, 0.2) is 12.1 Å². The van der Waals surface area contributed by atoms with E-state index in [1.807, 2.05) is 24.0 Å². The number of carbonyl (C=O) groups is 2. The van der Waals surface area contributed by atoms with Gasteiger partial charge in [0.2, 0.25) is 5.91 Å². The zero-order valence-electron chi connectivity index (χ0n) is 15.3. The van der Waals surface area contributed by atoms with Gasteiger partial charge in [0, 0.05) is 12.2 Å². The first-order valence-electron chi connectivity index (χ1n) is 8.49. The Balaban J connectivity index is 2.41. The predicted molar refractivity (Wildman–Crippen MR) is 95.8 cm³/mol. The number of nitrogen functional groups attached to an aromatic ring is 1. The van der Waals surface area contributed by atoms with Crippen LogP contribution >= 0.6 is 0 Å². The number of esters is 1. The zero-order chi connectivity index (χ0) is 18.1. The van der Waals surface area contributed by atoms with Crippen LogP contribution in [0.2, 0.25) is 0 Å². The molecule has 0 saturated carbocycles. The molecule has 0 saturated heterocycles. The van der Waals surface area contributed by atoms with Crippen molar-refractivity contribution in [2.75, 3.05) is 23.8 Å². The van der Waals surface area contributed by atoms with E-state index in [2.05, 4.69) is 20.8 Å². The van der Waals surface area contributed by atoms with Crippen molar-refractivity contribution in [1.29, 1.82) is 0 Å². The van der Waals surface area contributed by atoms with Crippen molar-refractivity contribution in [2.45, 2.75) is 47.5 Å². The largest absolute Gasteiger partial charge is 0.466 e. The molecule has 1 amide bonds. The fraction of sp³-hybridized carbons (Fsp3) is 0.579. The van der Waals surface area contributed by atoms with E-state index in [1.54, 1.807) is 6.92 Å². The van der Waals surface area contributed by atoms with E-state index in [9.17, 15) is 9.59 Å². The highest BCUT2D eigenvalue weighted by atomic mass is 16.5. The average molecular weight is 332 g/mol. The van der Waals surface area contributed by atoms with Gasteiger partial charge < -0.3 is 15.4 Å². The second kappa shape index (κ2) is 6.83. The van der Waals surface area contributed by atoms with E-state index >= 15 is 0 Å². The molecule has 1 unspecified atom stereocenters. The quantitative estimate of drug-likeness (QED) is 0.679. The first kappa shape index (κ1) is 18.3. The van der Waals surface area contributed by atoms with Crippen molar-refractivity contribution in [3.05, 3.63) is 23.3 Å². The number of rotatable bonds is 4. The maximum absolute atomic E-state index is 13.0. The van der Waals surface area contributed by atoms with Gasteiger partial charge in [0.1, 0.15) is 0 Å². The molecule has 5 nitrogen and oxygen atoms in total. The van der Waals surface area contributed by atoms with Crippen LogP contribution in [-0.2, 0) is 20.7 Å². The van der Waals surface area contributed by atoms with Gasteiger partial charge in [-0.05, 0) is 42.9 Å². The molecule has 1 aromatic rings. The minimum absolute atomic E-state index is 0.0146. The van der Waals surface area contributed by atoms with Crippen molar-refractivity contribution in [3.63, 3.8) is 0 Å². The summed E-state index contributed by atoms with van der Waals surface area (Å²) in [5.74, 6) is -0.705. The third-order valence-electron chi connectivity index (χ3n) is 4.26. The van der Waals surface area contributed by atoms with Gasteiger partial charge in [-0.15, -0.1) is 0 Å². The highest BCUT2D eigenvalue weighted by Gasteiger charge is 2.37. The molecule has 0 fully saturated rings. The average Bonchev–Trinajstić information content (AvgIpc) is 2.46. The summed E-state index contributed by atoms with van der Waals surface area (Å²) in [6.45, 7) is 10.9. The first-order chi connectivity index (χ1) is 11.1. The topological polar surface area (TPSA) is 72.6 Å². The maximum Gasteiger partial charge on any atom is 0.306 e. The fourth-order valence-electron chi connectivity index (χ4n) is 3.21. The second-order valence-electron chi connectivity index (χ2n) is 7.68. The van der Waals surface area contributed by atoms with Crippen molar-refractivity contribution >= 4 is 23.3 Å². The van der Waals surface area contributed by atoms with Crippen LogP contribution in [0.5, 0.6) is 0 Å². The van der Waals surface area contributed by atoms with Crippen LogP contribution in [0.25, 0.3) is 0 Å². The summed E-state index contributed by atoms with van der Waals surface area (Å²) in [6.07, 6.45) is 0.672. The Morgan fingerprint density at radius 2 is 2.04 bits per heavy atom. The lowest BCUT2D eigenvalue weighted by molar-refractivity contribution is -0.146. The van der Waals surface area contributed by atoms with E-state index in [1.165, 1.54) is 0 Å². The molecule has 0 bridgehead atoms. The number of fused-ring (bicyclic) bond motifs is 1. The van der Waals surface area contributed by atoms with Gasteiger partial charge in [-0.3, -0.25) is 9.59 Å². The van der Waals surface area contributed by atoms with Crippen LogP contribution in [0.3, 0.4) is 0 Å². The summed E-state index contributed by atoms with van der Waals surface area (Å²) in [4.78, 5) is 26.7. The summed E-state index contributed by atoms with van der Waals surface area (Å²) < 4.78 is 5.03. The van der Waals surface area contributed by atoms with E-state index in [0.717, 1.165) is 16.8 Å². The number of hydrogen-bond donors (Lipinski definition) is 1. The number of amides is 1. The summed E-state index contributed by atoms with van der Waals surface area (Å²) in [7, 11) is 0. The van der Waals surface area contributed by atoms with Crippen LogP contribution < -0.4 is 10.6 Å². The monoisotopic (exact) mass is 332 g/mol. The van der Waals surface area contributed by atoms with Gasteiger partial charge in [0.25, 0.3) is 0 Å². The summed E-state index contributed by atoms with van der Waals surface area (Å²) in [6, 6.07) is 3.85. The molecule has 1 heterocycles. The van der Waals surface area contributed by atoms with Crippen molar-refractivity contribution in [2.24, 2.45) is 11.3 Å². The Morgan fingerprint density at radius 1 is 1.38 bits per heavy atom. The van der Waals surface area contributed by atoms with Crippen molar-refractivity contribution in [3.8, 4) is 0 Å². The SMILES string of the molecule is CCOC(=O)CC1Cc2ccc(N)c(C)c2N(CC(C)(C)C)C1=O. The predicted octanol–water partition coefficient (Wildman–Crippen LogP) is 3.08. The van der Waals surface area contributed by atoms with Crippen LogP contribution in [0.1, 0.15) is 45.2 Å². The molecule has 132 valence electrons. The fourth-order valence-corrected chi connectivity index (χ4v) is 3.21. The van der Waals surface area contributed by atoms with Gasteiger partial charge in [-0.2, -0.15) is 0 Å². The van der Waals surface area contributed by atoms with Crippen LogP contribution in [-0.4, -0.2) is 25.0 Å². The zero-order valence-corrected chi connectivity index (χ0v) is 15.3. The molecule has 1 aliphatic rings. The molecule has 2 N–H and O–H groups in total. The Bertz CT molecular complexity index is 647. The van der Waals surface area contributed by atoms with Gasteiger partial charge in [0.05, 0.1) is 24.6 Å². The molecule has 0 aromatic heterocycles. The van der Waals surface area contributed by atoms with Gasteiger partial charge in [-0.1, -0.05) is 26.8 Å². The minimum atomic E-state index is -0.373. The van der Waals surface area contributed by atoms with E-state index in [-0.39, 0.29) is 29.6 Å². The molecule has 1 atom stereocenters. The summed E-state index contributed by atoms with van der Waals surface area (Å²) in [5.41, 5.74) is 9.59. The molecule has 24 heavy (non-hydrogen) atoms. The van der Waals surface area contributed by atoms with Gasteiger partial charge in [-0.25, -0.2) is 0 Å². The molecule has 2 rings (SSSR count). The smallest absolute Gasteiger partial charge is 0.306 e. The molecule has 5 heteroatoms. The van der Waals surface area contributed by atoms with Crippen LogP contribution in [0, 0.1) is 18.3 Å². The summed E-state index contributed by atoms with van der Waals surface area (Å²) >= 11 is 0. The third kappa shape index (κ3) is 3.89. The van der Waals surface area contributed by atoms with Crippen LogP contribution in [0.4, 0.5) is 11.4 Å². The summed E-state index contributed by atoms with van der Waals surface area (Å²) in [5, 5.41) is 0.